The summed E-state index contributed by atoms with van der Waals surface area (Å²) in [7, 11) is -3.16. The first kappa shape index (κ1) is 14.2. The van der Waals surface area contributed by atoms with Gasteiger partial charge in [0, 0.05) is 6.04 Å². The fraction of sp³-hybridized carbons (Fsp3) is 0.538. The Labute approximate surface area is 104 Å². The molecule has 0 bridgehead atoms. The van der Waals surface area contributed by atoms with Gasteiger partial charge in [-0.1, -0.05) is 30.7 Å². The van der Waals surface area contributed by atoms with Crippen molar-refractivity contribution in [1.82, 2.24) is 4.72 Å². The molecule has 1 unspecified atom stereocenters. The molecule has 3 nitrogen and oxygen atoms in total. The van der Waals surface area contributed by atoms with Crippen molar-refractivity contribution < 1.29 is 8.42 Å². The molecule has 1 aromatic rings. The van der Waals surface area contributed by atoms with E-state index in [9.17, 15) is 8.42 Å². The van der Waals surface area contributed by atoms with Gasteiger partial charge in [-0.2, -0.15) is 0 Å². The van der Waals surface area contributed by atoms with Crippen molar-refractivity contribution in [2.24, 2.45) is 0 Å². The smallest absolute Gasteiger partial charge is 0.212 e. The molecule has 96 valence electrons. The van der Waals surface area contributed by atoms with Crippen LogP contribution < -0.4 is 4.72 Å². The second-order valence-corrected chi connectivity index (χ2v) is 6.39. The van der Waals surface area contributed by atoms with E-state index in [1.54, 1.807) is 0 Å². The van der Waals surface area contributed by atoms with Crippen LogP contribution in [0.5, 0.6) is 0 Å². The molecule has 0 fully saturated rings. The molecule has 1 aromatic carbocycles. The number of rotatable bonds is 5. The third-order valence-corrected chi connectivity index (χ3v) is 4.38. The van der Waals surface area contributed by atoms with Crippen molar-refractivity contribution in [1.29, 1.82) is 0 Å². The summed E-state index contributed by atoms with van der Waals surface area (Å²) in [5.41, 5.74) is 3.35. The second-order valence-electron chi connectivity index (χ2n) is 4.52. The zero-order valence-corrected chi connectivity index (χ0v) is 11.8. The van der Waals surface area contributed by atoms with Gasteiger partial charge in [-0.3, -0.25) is 0 Å². The van der Waals surface area contributed by atoms with Crippen LogP contribution in [0.1, 0.15) is 43.0 Å². The largest absolute Gasteiger partial charge is 0.212 e. The van der Waals surface area contributed by atoms with Crippen molar-refractivity contribution in [2.45, 2.75) is 40.2 Å². The van der Waals surface area contributed by atoms with Crippen LogP contribution >= 0.6 is 0 Å². The van der Waals surface area contributed by atoms with Crippen molar-refractivity contribution in [3.05, 3.63) is 34.9 Å². The average Bonchev–Trinajstić information content (AvgIpc) is 2.15. The van der Waals surface area contributed by atoms with E-state index in [4.69, 9.17) is 0 Å². The normalized spacial score (nSPS) is 13.6. The lowest BCUT2D eigenvalue weighted by Crippen LogP contribution is -2.29. The molecule has 0 heterocycles. The molecule has 0 amide bonds. The lowest BCUT2D eigenvalue weighted by Gasteiger charge is -2.17. The highest BCUT2D eigenvalue weighted by Gasteiger charge is 2.15. The molecule has 4 heteroatoms. The number of hydrogen-bond donors (Lipinski definition) is 1. The quantitative estimate of drug-likeness (QED) is 0.879. The Morgan fingerprint density at radius 1 is 1.29 bits per heavy atom. The van der Waals surface area contributed by atoms with Gasteiger partial charge in [0.05, 0.1) is 5.75 Å². The van der Waals surface area contributed by atoms with E-state index in [1.807, 2.05) is 39.8 Å². The molecule has 1 rings (SSSR count). The molecule has 1 atom stereocenters. The minimum absolute atomic E-state index is 0.174. The molecule has 0 aliphatic rings. The Bertz CT molecular complexity index is 480. The predicted octanol–water partition coefficient (Wildman–Crippen LogP) is 2.69. The maximum Gasteiger partial charge on any atom is 0.212 e. The highest BCUT2D eigenvalue weighted by molar-refractivity contribution is 7.89. The van der Waals surface area contributed by atoms with Crippen LogP contribution in [0.2, 0.25) is 0 Å². The summed E-state index contributed by atoms with van der Waals surface area (Å²) in [5.74, 6) is 0.183. The van der Waals surface area contributed by atoms with E-state index in [0.29, 0.717) is 6.42 Å². The lowest BCUT2D eigenvalue weighted by molar-refractivity contribution is 0.565. The van der Waals surface area contributed by atoms with Crippen LogP contribution in [0, 0.1) is 13.8 Å². The van der Waals surface area contributed by atoms with Gasteiger partial charge in [-0.15, -0.1) is 0 Å². The van der Waals surface area contributed by atoms with Gasteiger partial charge in [0.2, 0.25) is 10.0 Å². The summed E-state index contributed by atoms with van der Waals surface area (Å²) >= 11 is 0. The minimum Gasteiger partial charge on any atom is -0.212 e. The van der Waals surface area contributed by atoms with Gasteiger partial charge >= 0.3 is 0 Å². The lowest BCUT2D eigenvalue weighted by atomic mass is 10.0. The van der Waals surface area contributed by atoms with Gasteiger partial charge in [0.25, 0.3) is 0 Å². The minimum atomic E-state index is -3.16. The molecule has 0 aliphatic carbocycles. The summed E-state index contributed by atoms with van der Waals surface area (Å²) in [5, 5.41) is 0. The number of hydrogen-bond acceptors (Lipinski definition) is 2. The molecule has 0 saturated heterocycles. The van der Waals surface area contributed by atoms with E-state index in [-0.39, 0.29) is 11.8 Å². The molecular weight excluding hydrogens is 234 g/mol. The zero-order chi connectivity index (χ0) is 13.1. The standard InChI is InChI=1S/C13H21NO2S/c1-5-8-17(15,16)14-12(4)13-7-6-10(2)9-11(13)3/h6-7,9,12,14H,5,8H2,1-4H3. The first-order valence-corrected chi connectivity index (χ1v) is 7.58. The van der Waals surface area contributed by atoms with Crippen LogP contribution in [0.4, 0.5) is 0 Å². The maximum atomic E-state index is 11.7. The number of benzene rings is 1. The van der Waals surface area contributed by atoms with E-state index in [1.165, 1.54) is 5.56 Å². The third-order valence-electron chi connectivity index (χ3n) is 2.72. The monoisotopic (exact) mass is 255 g/mol. The van der Waals surface area contributed by atoms with Crippen LogP contribution in [-0.4, -0.2) is 14.2 Å². The molecule has 0 radical (unpaired) electrons. The van der Waals surface area contributed by atoms with Gasteiger partial charge in [-0.25, -0.2) is 13.1 Å². The molecule has 17 heavy (non-hydrogen) atoms. The van der Waals surface area contributed by atoms with Crippen molar-refractivity contribution in [3.8, 4) is 0 Å². The molecule has 1 N–H and O–H groups in total. The summed E-state index contributed by atoms with van der Waals surface area (Å²) in [6, 6.07) is 5.89. The molecule has 0 spiro atoms. The van der Waals surface area contributed by atoms with Gasteiger partial charge < -0.3 is 0 Å². The van der Waals surface area contributed by atoms with Gasteiger partial charge in [0.1, 0.15) is 0 Å². The molecule has 0 aromatic heterocycles. The highest BCUT2D eigenvalue weighted by Crippen LogP contribution is 2.19. The Kier molecular flexibility index (Phi) is 4.71. The van der Waals surface area contributed by atoms with Crippen LogP contribution in [-0.2, 0) is 10.0 Å². The summed E-state index contributed by atoms with van der Waals surface area (Å²) < 4.78 is 26.1. The number of sulfonamides is 1. The summed E-state index contributed by atoms with van der Waals surface area (Å²) in [6.45, 7) is 7.78. The summed E-state index contributed by atoms with van der Waals surface area (Å²) in [4.78, 5) is 0. The van der Waals surface area contributed by atoms with Gasteiger partial charge in [-0.05, 0) is 38.3 Å². The predicted molar refractivity (Wildman–Crippen MR) is 71.5 cm³/mol. The van der Waals surface area contributed by atoms with Crippen LogP contribution in [0.3, 0.4) is 0 Å². The first-order chi connectivity index (χ1) is 7.85. The van der Waals surface area contributed by atoms with Crippen molar-refractivity contribution in [2.75, 3.05) is 5.75 Å². The molecule has 0 aliphatic heterocycles. The first-order valence-electron chi connectivity index (χ1n) is 5.93. The Morgan fingerprint density at radius 2 is 1.94 bits per heavy atom. The highest BCUT2D eigenvalue weighted by atomic mass is 32.2. The Morgan fingerprint density at radius 3 is 2.47 bits per heavy atom. The maximum absolute atomic E-state index is 11.7. The van der Waals surface area contributed by atoms with E-state index in [0.717, 1.165) is 11.1 Å². The van der Waals surface area contributed by atoms with Gasteiger partial charge in [0.15, 0.2) is 0 Å². The van der Waals surface area contributed by atoms with Crippen LogP contribution in [0.25, 0.3) is 0 Å². The molecular formula is C13H21NO2S. The second kappa shape index (κ2) is 5.65. The van der Waals surface area contributed by atoms with E-state index >= 15 is 0 Å². The number of nitrogens with one attached hydrogen (secondary N) is 1. The number of aryl methyl sites for hydroxylation is 2. The molecule has 0 saturated carbocycles. The Balaban J connectivity index is 2.87. The third kappa shape index (κ3) is 4.13. The fourth-order valence-electron chi connectivity index (χ4n) is 1.97. The van der Waals surface area contributed by atoms with Crippen LogP contribution in [0.15, 0.2) is 18.2 Å². The Hall–Kier alpha value is -0.870. The van der Waals surface area contributed by atoms with Crippen molar-refractivity contribution >= 4 is 10.0 Å². The zero-order valence-electron chi connectivity index (χ0n) is 10.9. The van der Waals surface area contributed by atoms with E-state index < -0.39 is 10.0 Å². The SMILES string of the molecule is CCCS(=O)(=O)NC(C)c1ccc(C)cc1C. The fourth-order valence-corrected chi connectivity index (χ4v) is 3.29. The van der Waals surface area contributed by atoms with Crippen molar-refractivity contribution in [3.63, 3.8) is 0 Å². The average molecular weight is 255 g/mol. The summed E-state index contributed by atoms with van der Waals surface area (Å²) in [6.07, 6.45) is 0.634. The topological polar surface area (TPSA) is 46.2 Å². The van der Waals surface area contributed by atoms with E-state index in [2.05, 4.69) is 10.8 Å².